The van der Waals surface area contributed by atoms with Crippen LogP contribution in [0.25, 0.3) is 0 Å². The van der Waals surface area contributed by atoms with Crippen molar-refractivity contribution in [3.8, 4) is 0 Å². The highest BCUT2D eigenvalue weighted by Crippen LogP contribution is 2.35. The predicted octanol–water partition coefficient (Wildman–Crippen LogP) is 2.65. The Morgan fingerprint density at radius 1 is 1.13 bits per heavy atom. The van der Waals surface area contributed by atoms with Gasteiger partial charge in [-0.2, -0.15) is 26.3 Å². The van der Waals surface area contributed by atoms with Crippen LogP contribution in [0.15, 0.2) is 0 Å². The molecule has 0 saturated heterocycles. The van der Waals surface area contributed by atoms with Crippen LogP contribution in [0.4, 0.5) is 31.1 Å². The number of hydrogen-bond acceptors (Lipinski definition) is 3. The molecule has 0 aliphatic carbocycles. The molecule has 0 aliphatic rings. The number of carbonyl (C=O) groups is 1. The molecule has 0 heterocycles. The Balaban J connectivity index is 4.62. The van der Waals surface area contributed by atoms with Crippen molar-refractivity contribution in [2.24, 2.45) is 0 Å². The normalized spacial score (nSPS) is 12.8. The number of halogens is 6. The third kappa shape index (κ3) is 4.75. The van der Waals surface area contributed by atoms with Crippen molar-refractivity contribution in [3.05, 3.63) is 0 Å². The number of carbonyl (C=O) groups excluding carboxylic acids is 1. The molecule has 0 fully saturated rings. The predicted molar refractivity (Wildman–Crippen MR) is 34.0 cm³/mol. The molecule has 0 rings (SSSR count). The van der Waals surface area contributed by atoms with E-state index in [1.54, 1.807) is 0 Å². The largest absolute Gasteiger partial charge is 0.509 e. The minimum absolute atomic E-state index is 0.388. The summed E-state index contributed by atoms with van der Waals surface area (Å²) >= 11 is 0. The smallest absolute Gasteiger partial charge is 0.435 e. The molecular formula is C6H6F6O3. The highest BCUT2D eigenvalue weighted by Gasteiger charge is 2.60. The van der Waals surface area contributed by atoms with Gasteiger partial charge in [0.25, 0.3) is 6.10 Å². The summed E-state index contributed by atoms with van der Waals surface area (Å²) in [5.41, 5.74) is 0. The monoisotopic (exact) mass is 240 g/mol. The zero-order chi connectivity index (χ0) is 12.3. The van der Waals surface area contributed by atoms with E-state index in [1.807, 2.05) is 0 Å². The second-order valence-electron chi connectivity index (χ2n) is 2.26. The number of rotatable bonds is 2. The van der Waals surface area contributed by atoms with E-state index in [-0.39, 0.29) is 6.61 Å². The van der Waals surface area contributed by atoms with Crippen molar-refractivity contribution < 1.29 is 40.6 Å². The third-order valence-corrected chi connectivity index (χ3v) is 1.07. The Morgan fingerprint density at radius 2 is 1.53 bits per heavy atom. The molecule has 0 spiro atoms. The molecule has 0 aromatic carbocycles. The Morgan fingerprint density at radius 3 is 1.80 bits per heavy atom. The quantitative estimate of drug-likeness (QED) is 0.549. The first-order valence-electron chi connectivity index (χ1n) is 3.56. The average molecular weight is 240 g/mol. The van der Waals surface area contributed by atoms with Crippen LogP contribution >= 0.6 is 0 Å². The van der Waals surface area contributed by atoms with E-state index in [4.69, 9.17) is 0 Å². The zero-order valence-corrected chi connectivity index (χ0v) is 7.28. The summed E-state index contributed by atoms with van der Waals surface area (Å²) in [6.45, 7) is 0.818. The van der Waals surface area contributed by atoms with Crippen LogP contribution in [-0.4, -0.2) is 31.2 Å². The van der Waals surface area contributed by atoms with Crippen LogP contribution in [0.3, 0.4) is 0 Å². The minimum Gasteiger partial charge on any atom is -0.435 e. The van der Waals surface area contributed by atoms with Crippen LogP contribution in [0, 0.1) is 0 Å². The van der Waals surface area contributed by atoms with Crippen molar-refractivity contribution in [2.45, 2.75) is 25.4 Å². The zero-order valence-electron chi connectivity index (χ0n) is 7.28. The van der Waals surface area contributed by atoms with Gasteiger partial charge in [-0.1, -0.05) is 0 Å². The van der Waals surface area contributed by atoms with Crippen molar-refractivity contribution in [1.29, 1.82) is 0 Å². The topological polar surface area (TPSA) is 35.5 Å². The van der Waals surface area contributed by atoms with Crippen molar-refractivity contribution in [3.63, 3.8) is 0 Å². The second-order valence-corrected chi connectivity index (χ2v) is 2.26. The molecule has 3 nitrogen and oxygen atoms in total. The van der Waals surface area contributed by atoms with E-state index in [9.17, 15) is 31.1 Å². The summed E-state index contributed by atoms with van der Waals surface area (Å²) in [5.74, 6) is 0. The first-order chi connectivity index (χ1) is 6.59. The molecule has 90 valence electrons. The fourth-order valence-corrected chi connectivity index (χ4v) is 0.567. The first-order valence-corrected chi connectivity index (χ1v) is 3.56. The van der Waals surface area contributed by atoms with Gasteiger partial charge in [0.15, 0.2) is 0 Å². The van der Waals surface area contributed by atoms with Gasteiger partial charge in [0.05, 0.1) is 6.61 Å². The summed E-state index contributed by atoms with van der Waals surface area (Å²) in [6.07, 6.45) is -17.6. The molecule has 0 N–H and O–H groups in total. The molecule has 0 aliphatic heterocycles. The SMILES string of the molecule is CCOC(=O)OC(C(F)(F)F)C(F)(F)F. The standard InChI is InChI=1S/C6H6F6O3/c1-2-14-4(13)15-3(5(7,8)9)6(10,11)12/h3H,2H2,1H3. The molecular weight excluding hydrogens is 234 g/mol. The molecule has 0 radical (unpaired) electrons. The molecule has 15 heavy (non-hydrogen) atoms. The van der Waals surface area contributed by atoms with Gasteiger partial charge in [0.2, 0.25) is 0 Å². The lowest BCUT2D eigenvalue weighted by atomic mass is 10.3. The number of hydrogen-bond donors (Lipinski definition) is 0. The summed E-state index contributed by atoms with van der Waals surface area (Å²) < 4.78 is 77.5. The first kappa shape index (κ1) is 13.8. The Hall–Kier alpha value is -1.15. The number of ether oxygens (including phenoxy) is 2. The van der Waals surface area contributed by atoms with Crippen LogP contribution in [0.2, 0.25) is 0 Å². The van der Waals surface area contributed by atoms with Crippen molar-refractivity contribution in [1.82, 2.24) is 0 Å². The van der Waals surface area contributed by atoms with Crippen molar-refractivity contribution >= 4 is 6.16 Å². The maximum absolute atomic E-state index is 11.8. The van der Waals surface area contributed by atoms with Crippen LogP contribution < -0.4 is 0 Å². The van der Waals surface area contributed by atoms with E-state index < -0.39 is 24.6 Å². The maximum Gasteiger partial charge on any atom is 0.509 e. The van der Waals surface area contributed by atoms with E-state index in [0.29, 0.717) is 0 Å². The van der Waals surface area contributed by atoms with Crippen molar-refractivity contribution in [2.75, 3.05) is 6.61 Å². The van der Waals surface area contributed by atoms with Gasteiger partial charge < -0.3 is 9.47 Å². The summed E-state index contributed by atoms with van der Waals surface area (Å²) in [6, 6.07) is 0. The van der Waals surface area contributed by atoms with Crippen LogP contribution in [0.1, 0.15) is 6.92 Å². The highest BCUT2D eigenvalue weighted by molar-refractivity contribution is 5.60. The van der Waals surface area contributed by atoms with Gasteiger partial charge in [0.1, 0.15) is 0 Å². The molecule has 0 amide bonds. The molecule has 0 bridgehead atoms. The lowest BCUT2D eigenvalue weighted by molar-refractivity contribution is -0.310. The third-order valence-electron chi connectivity index (χ3n) is 1.07. The highest BCUT2D eigenvalue weighted by atomic mass is 19.4. The van der Waals surface area contributed by atoms with E-state index in [1.165, 1.54) is 6.92 Å². The average Bonchev–Trinajstić information content (AvgIpc) is 1.96. The second kappa shape index (κ2) is 4.58. The molecule has 0 atom stereocenters. The van der Waals surface area contributed by atoms with Gasteiger partial charge >= 0.3 is 18.5 Å². The van der Waals surface area contributed by atoms with Gasteiger partial charge in [-0.05, 0) is 6.92 Å². The number of alkyl halides is 6. The summed E-state index contributed by atoms with van der Waals surface area (Å²) in [4.78, 5) is 10.3. The Kier molecular flexibility index (Phi) is 4.23. The summed E-state index contributed by atoms with van der Waals surface area (Å²) in [7, 11) is 0. The fraction of sp³-hybridized carbons (Fsp3) is 0.833. The molecule has 0 unspecified atom stereocenters. The van der Waals surface area contributed by atoms with Gasteiger partial charge in [-0.3, -0.25) is 0 Å². The Labute approximate surface area is 79.9 Å². The van der Waals surface area contributed by atoms with Crippen LogP contribution in [-0.2, 0) is 9.47 Å². The van der Waals surface area contributed by atoms with Crippen LogP contribution in [0.5, 0.6) is 0 Å². The van der Waals surface area contributed by atoms with Gasteiger partial charge in [-0.15, -0.1) is 0 Å². The molecule has 0 saturated carbocycles. The molecule has 9 heteroatoms. The van der Waals surface area contributed by atoms with E-state index >= 15 is 0 Å². The minimum atomic E-state index is -5.72. The Bertz CT molecular complexity index is 206. The lowest BCUT2D eigenvalue weighted by Gasteiger charge is -2.22. The molecule has 0 aromatic heterocycles. The van der Waals surface area contributed by atoms with Gasteiger partial charge in [-0.25, -0.2) is 4.79 Å². The summed E-state index contributed by atoms with van der Waals surface area (Å²) in [5, 5.41) is 0. The molecule has 0 aromatic rings. The maximum atomic E-state index is 11.8. The lowest BCUT2D eigenvalue weighted by Crippen LogP contribution is -2.45. The van der Waals surface area contributed by atoms with E-state index in [2.05, 4.69) is 9.47 Å². The van der Waals surface area contributed by atoms with Gasteiger partial charge in [0, 0.05) is 0 Å². The fourth-order valence-electron chi connectivity index (χ4n) is 0.567. The van der Waals surface area contributed by atoms with E-state index in [0.717, 1.165) is 0 Å².